The van der Waals surface area contributed by atoms with Crippen LogP contribution in [0.4, 0.5) is 13.2 Å². The normalized spacial score (nSPS) is 21.3. The van der Waals surface area contributed by atoms with Gasteiger partial charge in [-0.1, -0.05) is 37.6 Å². The second-order valence-electron chi connectivity index (χ2n) is 11.5. The first-order chi connectivity index (χ1) is 16.9. The monoisotopic (exact) mass is 541 g/mol. The van der Waals surface area contributed by atoms with E-state index in [1.807, 2.05) is 36.6 Å². The minimum absolute atomic E-state index is 0. The molecule has 2 atom stereocenters. The van der Waals surface area contributed by atoms with Gasteiger partial charge in [0.15, 0.2) is 6.10 Å². The molecule has 206 valence electrons. The Kier molecular flexibility index (Phi) is 9.49. The van der Waals surface area contributed by atoms with Crippen LogP contribution >= 0.6 is 12.4 Å². The zero-order valence-electron chi connectivity index (χ0n) is 22.1. The van der Waals surface area contributed by atoms with Crippen molar-refractivity contribution in [3.8, 4) is 0 Å². The van der Waals surface area contributed by atoms with Gasteiger partial charge in [0.1, 0.15) is 17.4 Å². The standard InChI is InChI=1S/C28H38F3N3O2.ClH/c1-16(2)9-19-11-21(12-19)26-32-33-27(34(26)23-7-8-23)22(15-25(36)28(29,30)31)14-24(35)13-20-6-5-17(3)10-18(20)4;/h5-6,10,16,19,21-23,25,36H,7-9,11-15H2,1-4H3;1H/t19?,21?,22-,25?;/m1./s1. The smallest absolute Gasteiger partial charge is 0.384 e. The van der Waals surface area contributed by atoms with Gasteiger partial charge in [0.2, 0.25) is 0 Å². The van der Waals surface area contributed by atoms with Gasteiger partial charge >= 0.3 is 6.18 Å². The molecule has 2 aliphatic rings. The van der Waals surface area contributed by atoms with E-state index in [0.29, 0.717) is 17.7 Å². The maximum Gasteiger partial charge on any atom is 0.414 e. The number of carbonyl (C=O) groups is 1. The summed E-state index contributed by atoms with van der Waals surface area (Å²) in [6, 6.07) is 6.00. The second-order valence-corrected chi connectivity index (χ2v) is 11.5. The van der Waals surface area contributed by atoms with E-state index in [9.17, 15) is 23.1 Å². The summed E-state index contributed by atoms with van der Waals surface area (Å²) in [5.74, 6) is 1.81. The van der Waals surface area contributed by atoms with E-state index in [1.165, 1.54) is 0 Å². The number of hydrogen-bond acceptors (Lipinski definition) is 4. The number of aromatic nitrogens is 3. The fraction of sp³-hybridized carbons (Fsp3) is 0.679. The Morgan fingerprint density at radius 2 is 1.84 bits per heavy atom. The molecule has 5 nitrogen and oxygen atoms in total. The lowest BCUT2D eigenvalue weighted by Crippen LogP contribution is -2.32. The maximum atomic E-state index is 13.3. The first-order valence-electron chi connectivity index (χ1n) is 13.2. The van der Waals surface area contributed by atoms with Crippen LogP contribution < -0.4 is 0 Å². The molecular formula is C28H39ClF3N3O2. The van der Waals surface area contributed by atoms with Crippen LogP contribution in [0.2, 0.25) is 0 Å². The van der Waals surface area contributed by atoms with E-state index in [0.717, 1.165) is 54.6 Å². The lowest BCUT2D eigenvalue weighted by molar-refractivity contribution is -0.207. The molecule has 2 saturated carbocycles. The molecule has 1 unspecified atom stereocenters. The summed E-state index contributed by atoms with van der Waals surface area (Å²) < 4.78 is 42.0. The highest BCUT2D eigenvalue weighted by Crippen LogP contribution is 2.48. The molecule has 1 aromatic carbocycles. The van der Waals surface area contributed by atoms with Crippen molar-refractivity contribution in [2.75, 3.05) is 0 Å². The van der Waals surface area contributed by atoms with Gasteiger partial charge < -0.3 is 9.67 Å². The van der Waals surface area contributed by atoms with Gasteiger partial charge in [-0.15, -0.1) is 22.6 Å². The number of hydrogen-bond donors (Lipinski definition) is 1. The Hall–Kier alpha value is -1.93. The van der Waals surface area contributed by atoms with E-state index >= 15 is 0 Å². The Bertz CT molecular complexity index is 1080. The molecule has 2 aliphatic carbocycles. The van der Waals surface area contributed by atoms with E-state index in [4.69, 9.17) is 0 Å². The van der Waals surface area contributed by atoms with Gasteiger partial charge in [0, 0.05) is 30.7 Å². The number of nitrogens with zero attached hydrogens (tertiary/aromatic N) is 3. The van der Waals surface area contributed by atoms with Gasteiger partial charge in [0.25, 0.3) is 0 Å². The molecule has 0 amide bonds. The van der Waals surface area contributed by atoms with Crippen molar-refractivity contribution in [2.24, 2.45) is 11.8 Å². The van der Waals surface area contributed by atoms with Gasteiger partial charge in [-0.3, -0.25) is 4.79 Å². The molecule has 0 radical (unpaired) electrons. The number of halogens is 4. The van der Waals surface area contributed by atoms with E-state index in [1.54, 1.807) is 0 Å². The quantitative estimate of drug-likeness (QED) is 0.340. The van der Waals surface area contributed by atoms with Crippen molar-refractivity contribution in [3.63, 3.8) is 0 Å². The molecule has 2 fully saturated rings. The number of ketones is 1. The molecule has 0 spiro atoms. The Morgan fingerprint density at radius 1 is 1.16 bits per heavy atom. The average Bonchev–Trinajstić information content (AvgIpc) is 3.49. The summed E-state index contributed by atoms with van der Waals surface area (Å²) in [4.78, 5) is 13.1. The Labute approximate surface area is 223 Å². The van der Waals surface area contributed by atoms with Crippen molar-refractivity contribution in [1.29, 1.82) is 0 Å². The van der Waals surface area contributed by atoms with Crippen molar-refractivity contribution in [2.45, 2.75) is 109 Å². The predicted molar refractivity (Wildman–Crippen MR) is 139 cm³/mol. The number of Topliss-reactive ketones (excluding diaryl/α,β-unsaturated/α-hetero) is 1. The zero-order valence-corrected chi connectivity index (χ0v) is 22.9. The first-order valence-corrected chi connectivity index (χ1v) is 13.2. The molecule has 1 N–H and O–H groups in total. The molecule has 1 heterocycles. The Balaban J connectivity index is 0.00000380. The van der Waals surface area contributed by atoms with Crippen molar-refractivity contribution in [1.82, 2.24) is 14.8 Å². The van der Waals surface area contributed by atoms with Crippen LogP contribution in [0.1, 0.15) is 105 Å². The van der Waals surface area contributed by atoms with Crippen LogP contribution in [-0.2, 0) is 11.2 Å². The number of rotatable bonds is 11. The van der Waals surface area contributed by atoms with E-state index in [-0.39, 0.29) is 43.0 Å². The van der Waals surface area contributed by atoms with Gasteiger partial charge in [-0.2, -0.15) is 13.2 Å². The van der Waals surface area contributed by atoms with Crippen molar-refractivity contribution in [3.05, 3.63) is 46.5 Å². The summed E-state index contributed by atoms with van der Waals surface area (Å²) in [6.07, 6.45) is -2.74. The van der Waals surface area contributed by atoms with Crippen LogP contribution in [0, 0.1) is 25.7 Å². The third-order valence-electron chi connectivity index (χ3n) is 7.68. The minimum atomic E-state index is -4.75. The summed E-state index contributed by atoms with van der Waals surface area (Å²) in [5, 5.41) is 18.8. The number of benzene rings is 1. The Morgan fingerprint density at radius 3 is 2.41 bits per heavy atom. The number of aliphatic hydroxyl groups is 1. The van der Waals surface area contributed by atoms with E-state index in [2.05, 4.69) is 24.0 Å². The van der Waals surface area contributed by atoms with Crippen LogP contribution in [0.15, 0.2) is 18.2 Å². The lowest BCUT2D eigenvalue weighted by atomic mass is 9.71. The maximum absolute atomic E-state index is 13.3. The predicted octanol–water partition coefficient (Wildman–Crippen LogP) is 6.79. The highest BCUT2D eigenvalue weighted by Gasteiger charge is 2.43. The third kappa shape index (κ3) is 7.34. The highest BCUT2D eigenvalue weighted by molar-refractivity contribution is 5.85. The molecule has 0 saturated heterocycles. The number of aliphatic hydroxyl groups excluding tert-OH is 1. The minimum Gasteiger partial charge on any atom is -0.384 e. The number of aryl methyl sites for hydroxylation is 2. The van der Waals surface area contributed by atoms with Gasteiger partial charge in [-0.05, 0) is 75.3 Å². The van der Waals surface area contributed by atoms with Crippen LogP contribution in [-0.4, -0.2) is 37.9 Å². The molecule has 9 heteroatoms. The molecule has 0 aliphatic heterocycles. The summed E-state index contributed by atoms with van der Waals surface area (Å²) >= 11 is 0. The SMILES string of the molecule is Cc1ccc(CC(=O)C[C@H](CC(O)C(F)(F)F)c2nnc(C3CC(CC(C)C)C3)n2C2CC2)c(C)c1.Cl. The van der Waals surface area contributed by atoms with Gasteiger partial charge in [-0.25, -0.2) is 0 Å². The molecule has 2 aromatic rings. The topological polar surface area (TPSA) is 68.0 Å². The number of carbonyl (C=O) groups excluding carboxylic acids is 1. The van der Waals surface area contributed by atoms with Crippen LogP contribution in [0.5, 0.6) is 0 Å². The van der Waals surface area contributed by atoms with E-state index < -0.39 is 24.6 Å². The fourth-order valence-corrected chi connectivity index (χ4v) is 5.67. The molecular weight excluding hydrogens is 503 g/mol. The fourth-order valence-electron chi connectivity index (χ4n) is 5.67. The van der Waals surface area contributed by atoms with Crippen molar-refractivity contribution < 1.29 is 23.1 Å². The van der Waals surface area contributed by atoms with Crippen LogP contribution in [0.3, 0.4) is 0 Å². The molecule has 1 aromatic heterocycles. The molecule has 4 rings (SSSR count). The molecule has 37 heavy (non-hydrogen) atoms. The summed E-state index contributed by atoms with van der Waals surface area (Å²) in [7, 11) is 0. The average molecular weight is 542 g/mol. The van der Waals surface area contributed by atoms with Crippen LogP contribution in [0.25, 0.3) is 0 Å². The second kappa shape index (κ2) is 11.9. The zero-order chi connectivity index (χ0) is 26.2. The lowest BCUT2D eigenvalue weighted by Gasteiger charge is -2.36. The van der Waals surface area contributed by atoms with Crippen molar-refractivity contribution >= 4 is 18.2 Å². The number of alkyl halides is 3. The first kappa shape index (κ1) is 29.6. The largest absolute Gasteiger partial charge is 0.414 e. The summed E-state index contributed by atoms with van der Waals surface area (Å²) in [5.41, 5.74) is 2.95. The third-order valence-corrected chi connectivity index (χ3v) is 7.68. The highest BCUT2D eigenvalue weighted by atomic mass is 35.5. The molecule has 0 bridgehead atoms. The summed E-state index contributed by atoms with van der Waals surface area (Å²) in [6.45, 7) is 8.33. The van der Waals surface area contributed by atoms with Gasteiger partial charge in [0.05, 0.1) is 0 Å².